The fourth-order valence-corrected chi connectivity index (χ4v) is 5.27. The van der Waals surface area contributed by atoms with Crippen molar-refractivity contribution in [3.05, 3.63) is 53.9 Å². The second kappa shape index (κ2) is 7.88. The molecule has 6 nitrogen and oxygen atoms in total. The zero-order valence-electron chi connectivity index (χ0n) is 19.5. The van der Waals surface area contributed by atoms with Crippen molar-refractivity contribution in [2.75, 3.05) is 6.54 Å². The largest absolute Gasteiger partial charge is 0.488 e. The van der Waals surface area contributed by atoms with Crippen LogP contribution in [0, 0.1) is 5.92 Å². The Labute approximate surface area is 199 Å². The number of fused-ring (bicyclic) bond motifs is 6. The highest BCUT2D eigenvalue weighted by Crippen LogP contribution is 2.41. The van der Waals surface area contributed by atoms with Crippen LogP contribution < -0.4 is 15.9 Å². The molecule has 1 aromatic heterocycles. The predicted octanol–water partition coefficient (Wildman–Crippen LogP) is 3.72. The van der Waals surface area contributed by atoms with Crippen LogP contribution in [0.15, 0.2) is 42.5 Å². The maximum atomic E-state index is 13.0. The number of imidazole rings is 1. The molecule has 1 saturated heterocycles. The molecular weight excluding hydrogens is 423 g/mol. The quantitative estimate of drug-likeness (QED) is 0.466. The van der Waals surface area contributed by atoms with Gasteiger partial charge in [-0.1, -0.05) is 43.6 Å². The van der Waals surface area contributed by atoms with Crippen molar-refractivity contribution < 1.29 is 9.53 Å². The van der Waals surface area contributed by atoms with Crippen LogP contribution in [0.1, 0.15) is 44.1 Å². The van der Waals surface area contributed by atoms with E-state index in [4.69, 9.17) is 23.3 Å². The van der Waals surface area contributed by atoms with E-state index in [2.05, 4.69) is 35.3 Å². The first-order valence-corrected chi connectivity index (χ1v) is 11.9. The van der Waals surface area contributed by atoms with Gasteiger partial charge in [0.2, 0.25) is 5.91 Å². The molecule has 3 aromatic carbocycles. The number of carbonyl (C=O) groups is 1. The summed E-state index contributed by atoms with van der Waals surface area (Å²) in [6.45, 7) is 5.18. The molecule has 2 radical (unpaired) electrons. The molecule has 2 aliphatic rings. The number of benzene rings is 3. The number of ether oxygens (including phenoxy) is 1. The predicted molar refractivity (Wildman–Crippen MR) is 135 cm³/mol. The minimum absolute atomic E-state index is 0.00425. The highest BCUT2D eigenvalue weighted by Gasteiger charge is 2.35. The Morgan fingerprint density at radius 1 is 1.21 bits per heavy atom. The summed E-state index contributed by atoms with van der Waals surface area (Å²) >= 11 is 0. The lowest BCUT2D eigenvalue weighted by Gasteiger charge is -2.27. The van der Waals surface area contributed by atoms with Crippen LogP contribution in [-0.2, 0) is 11.4 Å². The third kappa shape index (κ3) is 3.30. The summed E-state index contributed by atoms with van der Waals surface area (Å²) < 4.78 is 6.11. The fraction of sp³-hybridized carbons (Fsp3) is 0.333. The van der Waals surface area contributed by atoms with Crippen molar-refractivity contribution in [2.45, 2.75) is 45.4 Å². The third-order valence-corrected chi connectivity index (χ3v) is 7.24. The first kappa shape index (κ1) is 21.2. The molecule has 0 saturated carbocycles. The van der Waals surface area contributed by atoms with Gasteiger partial charge in [-0.15, -0.1) is 0 Å². The van der Waals surface area contributed by atoms with E-state index in [1.807, 2.05) is 30.9 Å². The fourth-order valence-electron chi connectivity index (χ4n) is 5.27. The third-order valence-electron chi connectivity index (χ3n) is 7.24. The van der Waals surface area contributed by atoms with Gasteiger partial charge in [0, 0.05) is 17.5 Å². The second-order valence-corrected chi connectivity index (χ2v) is 9.82. The summed E-state index contributed by atoms with van der Waals surface area (Å²) in [4.78, 5) is 23.4. The average molecular weight is 450 g/mol. The van der Waals surface area contributed by atoms with E-state index < -0.39 is 6.04 Å². The van der Waals surface area contributed by atoms with Crippen LogP contribution in [0.5, 0.6) is 5.75 Å². The van der Waals surface area contributed by atoms with E-state index >= 15 is 0 Å². The number of nitrogens with one attached hydrogen (secondary N) is 1. The van der Waals surface area contributed by atoms with Gasteiger partial charge in [0.25, 0.3) is 0 Å². The number of likely N-dealkylation sites (tertiary alicyclic amines) is 1. The molecule has 1 fully saturated rings. The minimum atomic E-state index is -0.493. The normalized spacial score (nSPS) is 18.2. The lowest BCUT2D eigenvalue weighted by atomic mass is 9.88. The number of H-pyrrole nitrogens is 1. The first-order chi connectivity index (χ1) is 16.4. The Morgan fingerprint density at radius 3 is 2.88 bits per heavy atom. The average Bonchev–Trinajstić information content (AvgIpc) is 3.48. The van der Waals surface area contributed by atoms with Crippen molar-refractivity contribution in [3.63, 3.8) is 0 Å². The number of carbonyl (C=O) groups excluding carboxylic acids is 1. The summed E-state index contributed by atoms with van der Waals surface area (Å²) in [7, 11) is 5.97. The smallest absolute Gasteiger partial charge is 0.240 e. The molecule has 3 N–H and O–H groups in total. The number of hydrogen-bond acceptors (Lipinski definition) is 4. The Balaban J connectivity index is 1.42. The molecule has 4 aromatic rings. The summed E-state index contributed by atoms with van der Waals surface area (Å²) in [6, 6.07) is 13.8. The van der Waals surface area contributed by atoms with Crippen molar-refractivity contribution in [1.82, 2.24) is 14.9 Å². The zero-order valence-corrected chi connectivity index (χ0v) is 19.5. The van der Waals surface area contributed by atoms with Gasteiger partial charge in [-0.2, -0.15) is 0 Å². The molecular formula is C27H27BN4O2. The number of aromatic amines is 1. The first-order valence-electron chi connectivity index (χ1n) is 11.9. The minimum Gasteiger partial charge on any atom is -0.488 e. The summed E-state index contributed by atoms with van der Waals surface area (Å²) in [6.07, 6.45) is 1.83. The highest BCUT2D eigenvalue weighted by atomic mass is 16.5. The van der Waals surface area contributed by atoms with Gasteiger partial charge in [0.05, 0.1) is 23.1 Å². The zero-order chi connectivity index (χ0) is 23.6. The van der Waals surface area contributed by atoms with Crippen LogP contribution in [-0.4, -0.2) is 41.2 Å². The topological polar surface area (TPSA) is 84.2 Å². The second-order valence-electron chi connectivity index (χ2n) is 9.82. The molecule has 1 amide bonds. The van der Waals surface area contributed by atoms with Crippen molar-refractivity contribution in [2.24, 2.45) is 11.7 Å². The van der Waals surface area contributed by atoms with E-state index in [1.54, 1.807) is 0 Å². The van der Waals surface area contributed by atoms with E-state index in [1.165, 1.54) is 0 Å². The summed E-state index contributed by atoms with van der Waals surface area (Å²) in [5.41, 5.74) is 12.1. The van der Waals surface area contributed by atoms with Crippen molar-refractivity contribution >= 4 is 41.0 Å². The van der Waals surface area contributed by atoms with Gasteiger partial charge in [0.15, 0.2) is 0 Å². The monoisotopic (exact) mass is 450 g/mol. The lowest BCUT2D eigenvalue weighted by Crippen LogP contribution is -2.46. The molecule has 0 unspecified atom stereocenters. The van der Waals surface area contributed by atoms with Gasteiger partial charge in [-0.3, -0.25) is 4.79 Å². The van der Waals surface area contributed by atoms with Crippen LogP contribution in [0.3, 0.4) is 0 Å². The molecule has 2 atom stereocenters. The van der Waals surface area contributed by atoms with Gasteiger partial charge in [0.1, 0.15) is 26.0 Å². The molecule has 34 heavy (non-hydrogen) atoms. The molecule has 0 bridgehead atoms. The lowest BCUT2D eigenvalue weighted by molar-refractivity contribution is -0.134. The van der Waals surface area contributed by atoms with Crippen LogP contribution >= 0.6 is 0 Å². The Hall–Kier alpha value is -3.32. The standard InChI is InChI=1S/C27H27BN4O2/c1-14(2)24(29)27(33)32-9-3-4-22(32)26-30-21-8-5-15-11-20-18-7-6-17(28)10-16(18)13-34-23(20)12-19(15)25(21)31-26/h5-8,10-12,14,22,24H,3-4,9,13,29H2,1-2H3,(H,30,31)/t22-,24-/m0/s1. The number of hydrogen-bond donors (Lipinski definition) is 2. The Kier molecular flexibility index (Phi) is 4.92. The van der Waals surface area contributed by atoms with E-state index in [0.29, 0.717) is 13.2 Å². The van der Waals surface area contributed by atoms with Crippen LogP contribution in [0.4, 0.5) is 0 Å². The summed E-state index contributed by atoms with van der Waals surface area (Å²) in [5, 5.41) is 2.13. The van der Waals surface area contributed by atoms with Gasteiger partial charge >= 0.3 is 0 Å². The molecule has 6 rings (SSSR count). The van der Waals surface area contributed by atoms with Gasteiger partial charge < -0.3 is 20.4 Å². The molecule has 2 aliphatic heterocycles. The Morgan fingerprint density at radius 2 is 2.06 bits per heavy atom. The van der Waals surface area contributed by atoms with Gasteiger partial charge in [-0.05, 0) is 53.5 Å². The maximum Gasteiger partial charge on any atom is 0.240 e. The van der Waals surface area contributed by atoms with Crippen molar-refractivity contribution in [3.8, 4) is 16.9 Å². The number of nitrogens with zero attached hydrogens (tertiary/aromatic N) is 2. The van der Waals surface area contributed by atoms with Gasteiger partial charge in [-0.25, -0.2) is 4.98 Å². The van der Waals surface area contributed by atoms with E-state index in [-0.39, 0.29) is 17.9 Å². The van der Waals surface area contributed by atoms with Crippen molar-refractivity contribution in [1.29, 1.82) is 0 Å². The SMILES string of the molecule is [B]c1ccc2c(c1)COc1cc3c(ccc4[nH]c([C@@H]5CCCN5C(=O)[C@@H](N)C(C)C)nc43)cc1-2. The molecule has 170 valence electrons. The maximum absolute atomic E-state index is 13.0. The molecule has 3 heterocycles. The number of aromatic nitrogens is 2. The Bertz CT molecular complexity index is 1440. The number of nitrogens with two attached hydrogens (primary N) is 1. The van der Waals surface area contributed by atoms with E-state index in [9.17, 15) is 4.79 Å². The number of amides is 1. The molecule has 7 heteroatoms. The van der Waals surface area contributed by atoms with Crippen LogP contribution in [0.2, 0.25) is 0 Å². The molecule has 0 aliphatic carbocycles. The van der Waals surface area contributed by atoms with Crippen LogP contribution in [0.25, 0.3) is 32.9 Å². The summed E-state index contributed by atoms with van der Waals surface area (Å²) in [5.74, 6) is 1.77. The number of rotatable bonds is 3. The highest BCUT2D eigenvalue weighted by molar-refractivity contribution is 6.32. The van der Waals surface area contributed by atoms with E-state index in [0.717, 1.165) is 68.4 Å². The molecule has 0 spiro atoms.